The van der Waals surface area contributed by atoms with E-state index in [0.29, 0.717) is 5.75 Å². The number of aromatic hydroxyl groups is 1. The lowest BCUT2D eigenvalue weighted by Gasteiger charge is -2.15. The highest BCUT2D eigenvalue weighted by Gasteiger charge is 2.06. The smallest absolute Gasteiger partial charge is 0.120 e. The van der Waals surface area contributed by atoms with Crippen molar-refractivity contribution >= 4 is 0 Å². The van der Waals surface area contributed by atoms with E-state index in [1.807, 2.05) is 18.2 Å². The van der Waals surface area contributed by atoms with Crippen LogP contribution in [-0.4, -0.2) is 16.6 Å². The average Bonchev–Trinajstić information content (AvgIpc) is 2.61. The van der Waals surface area contributed by atoms with Crippen LogP contribution in [0.15, 0.2) is 36.5 Å². The Hall–Kier alpha value is -1.44. The lowest BCUT2D eigenvalue weighted by molar-refractivity contribution is 0.385. The summed E-state index contributed by atoms with van der Waals surface area (Å²) < 4.78 is 0. The first-order chi connectivity index (χ1) is 6.36. The van der Waals surface area contributed by atoms with Crippen molar-refractivity contribution in [2.75, 3.05) is 6.54 Å². The summed E-state index contributed by atoms with van der Waals surface area (Å²) in [5, 5.41) is 9.52. The zero-order valence-electron chi connectivity index (χ0n) is 7.48. The molecule has 0 saturated carbocycles. The Kier molecular flexibility index (Phi) is 2.21. The van der Waals surface area contributed by atoms with Gasteiger partial charge < -0.3 is 10.0 Å². The minimum Gasteiger partial charge on any atom is -0.508 e. The summed E-state index contributed by atoms with van der Waals surface area (Å²) in [4.78, 5) is 2.20. The molecule has 1 N–H and O–H groups in total. The van der Waals surface area contributed by atoms with Crippen LogP contribution in [0.5, 0.6) is 5.75 Å². The van der Waals surface area contributed by atoms with E-state index < -0.39 is 0 Å². The number of para-hydroxylation sites is 1. The zero-order chi connectivity index (χ0) is 9.10. The summed E-state index contributed by atoms with van der Waals surface area (Å²) in [7, 11) is 0. The van der Waals surface area contributed by atoms with E-state index in [1.165, 1.54) is 0 Å². The van der Waals surface area contributed by atoms with Crippen LogP contribution in [0.3, 0.4) is 0 Å². The van der Waals surface area contributed by atoms with Gasteiger partial charge in [-0.25, -0.2) is 0 Å². The van der Waals surface area contributed by atoms with Gasteiger partial charge in [0.1, 0.15) is 5.75 Å². The number of benzene rings is 1. The second-order valence-electron chi connectivity index (χ2n) is 3.27. The van der Waals surface area contributed by atoms with Crippen LogP contribution in [0.1, 0.15) is 12.0 Å². The molecule has 1 aromatic carbocycles. The molecule has 0 spiro atoms. The second-order valence-corrected chi connectivity index (χ2v) is 3.27. The Morgan fingerprint density at radius 1 is 1.31 bits per heavy atom. The third kappa shape index (κ3) is 1.83. The molecule has 0 bridgehead atoms. The number of rotatable bonds is 2. The molecule has 1 aliphatic rings. The van der Waals surface area contributed by atoms with Gasteiger partial charge in [-0.1, -0.05) is 24.3 Å². The molecule has 68 valence electrons. The number of hydrogen-bond donors (Lipinski definition) is 1. The molecule has 0 amide bonds. The van der Waals surface area contributed by atoms with Gasteiger partial charge in [-0.2, -0.15) is 0 Å². The van der Waals surface area contributed by atoms with Crippen LogP contribution in [0.25, 0.3) is 0 Å². The van der Waals surface area contributed by atoms with Gasteiger partial charge in [-0.15, -0.1) is 0 Å². The molecule has 1 aromatic rings. The second kappa shape index (κ2) is 3.52. The summed E-state index contributed by atoms with van der Waals surface area (Å²) in [6.45, 7) is 1.87. The third-order valence-corrected chi connectivity index (χ3v) is 2.26. The lowest BCUT2D eigenvalue weighted by atomic mass is 10.2. The fourth-order valence-electron chi connectivity index (χ4n) is 1.53. The van der Waals surface area contributed by atoms with E-state index >= 15 is 0 Å². The molecule has 2 heteroatoms. The molecule has 1 heterocycles. The first kappa shape index (κ1) is 8.17. The van der Waals surface area contributed by atoms with E-state index in [-0.39, 0.29) is 0 Å². The molecule has 0 aliphatic carbocycles. The predicted octanol–water partition coefficient (Wildman–Crippen LogP) is 2.11. The van der Waals surface area contributed by atoms with Gasteiger partial charge in [0, 0.05) is 18.7 Å². The van der Waals surface area contributed by atoms with Crippen LogP contribution in [0.2, 0.25) is 0 Å². The van der Waals surface area contributed by atoms with Crippen LogP contribution >= 0.6 is 0 Å². The maximum atomic E-state index is 9.52. The van der Waals surface area contributed by atoms with Crippen molar-refractivity contribution in [2.24, 2.45) is 0 Å². The Labute approximate surface area is 78.1 Å². The SMILES string of the molecule is Oc1ccccc1CN1C=CCC1. The molecule has 0 saturated heterocycles. The third-order valence-electron chi connectivity index (χ3n) is 2.26. The van der Waals surface area contributed by atoms with Crippen molar-refractivity contribution in [3.8, 4) is 5.75 Å². The van der Waals surface area contributed by atoms with Gasteiger partial charge in [-0.3, -0.25) is 0 Å². The van der Waals surface area contributed by atoms with Crippen LogP contribution in [0, 0.1) is 0 Å². The highest BCUT2D eigenvalue weighted by Crippen LogP contribution is 2.19. The molecular formula is C11H13NO. The summed E-state index contributed by atoms with van der Waals surface area (Å²) in [6.07, 6.45) is 5.36. The van der Waals surface area contributed by atoms with Gasteiger partial charge in [0.15, 0.2) is 0 Å². The first-order valence-corrected chi connectivity index (χ1v) is 4.54. The van der Waals surface area contributed by atoms with Crippen LogP contribution in [0.4, 0.5) is 0 Å². The van der Waals surface area contributed by atoms with Crippen molar-refractivity contribution in [2.45, 2.75) is 13.0 Å². The van der Waals surface area contributed by atoms with E-state index in [4.69, 9.17) is 0 Å². The molecule has 2 nitrogen and oxygen atoms in total. The molecule has 0 aromatic heterocycles. The standard InChI is InChI=1S/C11H13NO/c13-11-6-2-1-5-10(11)9-12-7-3-4-8-12/h1-3,5-7,13H,4,8-9H2. The number of phenolic OH excluding ortho intramolecular Hbond substituents is 1. The van der Waals surface area contributed by atoms with E-state index in [9.17, 15) is 5.11 Å². The fourth-order valence-corrected chi connectivity index (χ4v) is 1.53. The summed E-state index contributed by atoms with van der Waals surface area (Å²) in [6, 6.07) is 7.49. The summed E-state index contributed by atoms with van der Waals surface area (Å²) in [5.74, 6) is 0.391. The zero-order valence-corrected chi connectivity index (χ0v) is 7.48. The Morgan fingerprint density at radius 2 is 2.15 bits per heavy atom. The molecule has 2 rings (SSSR count). The largest absolute Gasteiger partial charge is 0.508 e. The number of hydrogen-bond acceptors (Lipinski definition) is 2. The molecule has 0 atom stereocenters. The summed E-state index contributed by atoms with van der Waals surface area (Å²) in [5.41, 5.74) is 0.994. The molecule has 1 aliphatic heterocycles. The first-order valence-electron chi connectivity index (χ1n) is 4.54. The van der Waals surface area contributed by atoms with Crippen LogP contribution < -0.4 is 0 Å². The number of nitrogens with zero attached hydrogens (tertiary/aromatic N) is 1. The average molecular weight is 175 g/mol. The van der Waals surface area contributed by atoms with Crippen molar-refractivity contribution in [3.63, 3.8) is 0 Å². The van der Waals surface area contributed by atoms with Crippen molar-refractivity contribution < 1.29 is 5.11 Å². The van der Waals surface area contributed by atoms with Gasteiger partial charge in [0.25, 0.3) is 0 Å². The van der Waals surface area contributed by atoms with Gasteiger partial charge in [0.05, 0.1) is 0 Å². The van der Waals surface area contributed by atoms with Gasteiger partial charge >= 0.3 is 0 Å². The highest BCUT2D eigenvalue weighted by atomic mass is 16.3. The quantitative estimate of drug-likeness (QED) is 0.744. The topological polar surface area (TPSA) is 23.5 Å². The maximum absolute atomic E-state index is 9.52. The lowest BCUT2D eigenvalue weighted by Crippen LogP contribution is -2.13. The van der Waals surface area contributed by atoms with Crippen molar-refractivity contribution in [1.82, 2.24) is 4.90 Å². The molecule has 0 fully saturated rings. The Balaban J connectivity index is 2.09. The van der Waals surface area contributed by atoms with E-state index in [0.717, 1.165) is 25.1 Å². The minimum absolute atomic E-state index is 0.391. The van der Waals surface area contributed by atoms with Crippen molar-refractivity contribution in [3.05, 3.63) is 42.1 Å². The maximum Gasteiger partial charge on any atom is 0.120 e. The van der Waals surface area contributed by atoms with Crippen molar-refractivity contribution in [1.29, 1.82) is 0 Å². The van der Waals surface area contributed by atoms with Crippen LogP contribution in [-0.2, 0) is 6.54 Å². The number of phenols is 1. The predicted molar refractivity (Wildman–Crippen MR) is 52.3 cm³/mol. The molecule has 0 unspecified atom stereocenters. The highest BCUT2D eigenvalue weighted by molar-refractivity contribution is 5.31. The normalized spacial score (nSPS) is 15.2. The Bertz CT molecular complexity index is 320. The molecule has 0 radical (unpaired) electrons. The molecule has 13 heavy (non-hydrogen) atoms. The van der Waals surface area contributed by atoms with E-state index in [1.54, 1.807) is 6.07 Å². The summed E-state index contributed by atoms with van der Waals surface area (Å²) >= 11 is 0. The van der Waals surface area contributed by atoms with Gasteiger partial charge in [-0.05, 0) is 18.7 Å². The molecular weight excluding hydrogens is 162 g/mol. The fraction of sp³-hybridized carbons (Fsp3) is 0.273. The Morgan fingerprint density at radius 3 is 2.85 bits per heavy atom. The van der Waals surface area contributed by atoms with Gasteiger partial charge in [0.2, 0.25) is 0 Å². The minimum atomic E-state index is 0.391. The van der Waals surface area contributed by atoms with E-state index in [2.05, 4.69) is 17.2 Å². The monoisotopic (exact) mass is 175 g/mol.